The number of halogens is 3. The SMILES string of the molecule is CC1(C)CC(=O)c2c(C(F)(F)F)nn(-c3ccc(C#N)c(NC4CC[CH]CC4)c3)c2C1. The summed E-state index contributed by atoms with van der Waals surface area (Å²) in [4.78, 5) is 12.6. The molecule has 1 saturated carbocycles. The van der Waals surface area contributed by atoms with Crippen molar-refractivity contribution in [2.24, 2.45) is 5.41 Å². The number of Topliss-reactive ketones (excluding diaryl/α,β-unsaturated/α-hetero) is 1. The van der Waals surface area contributed by atoms with E-state index in [4.69, 9.17) is 0 Å². The second kappa shape index (κ2) is 7.70. The second-order valence-electron chi connectivity index (χ2n) is 9.15. The lowest BCUT2D eigenvalue weighted by Gasteiger charge is -2.29. The van der Waals surface area contributed by atoms with Crippen LogP contribution in [0.3, 0.4) is 0 Å². The van der Waals surface area contributed by atoms with E-state index in [0.29, 0.717) is 23.4 Å². The molecule has 1 aromatic heterocycles. The summed E-state index contributed by atoms with van der Waals surface area (Å²) in [6.07, 6.45) is 1.70. The highest BCUT2D eigenvalue weighted by Crippen LogP contribution is 2.42. The molecule has 4 rings (SSSR count). The van der Waals surface area contributed by atoms with Crippen molar-refractivity contribution in [3.8, 4) is 11.8 Å². The monoisotopic (exact) mass is 429 g/mol. The van der Waals surface area contributed by atoms with Gasteiger partial charge in [0.25, 0.3) is 0 Å². The van der Waals surface area contributed by atoms with Crippen LogP contribution in [0.2, 0.25) is 0 Å². The van der Waals surface area contributed by atoms with Gasteiger partial charge in [0.1, 0.15) is 6.07 Å². The molecule has 2 aliphatic rings. The van der Waals surface area contributed by atoms with Crippen molar-refractivity contribution in [3.63, 3.8) is 0 Å². The van der Waals surface area contributed by atoms with Crippen LogP contribution < -0.4 is 5.32 Å². The molecule has 1 fully saturated rings. The first-order valence-electron chi connectivity index (χ1n) is 10.4. The summed E-state index contributed by atoms with van der Waals surface area (Å²) in [5, 5.41) is 16.7. The van der Waals surface area contributed by atoms with Gasteiger partial charge >= 0.3 is 6.18 Å². The molecule has 1 heterocycles. The molecule has 0 saturated heterocycles. The quantitative estimate of drug-likeness (QED) is 0.702. The van der Waals surface area contributed by atoms with E-state index in [1.165, 1.54) is 4.68 Å². The van der Waals surface area contributed by atoms with Crippen molar-refractivity contribution in [3.05, 3.63) is 47.1 Å². The number of hydrogen-bond donors (Lipinski definition) is 1. The lowest BCUT2D eigenvalue weighted by atomic mass is 9.75. The fourth-order valence-corrected chi connectivity index (χ4v) is 4.53. The molecule has 5 nitrogen and oxygen atoms in total. The van der Waals surface area contributed by atoms with Gasteiger partial charge in [-0.05, 0) is 62.1 Å². The minimum absolute atomic E-state index is 0.0493. The molecule has 0 bridgehead atoms. The summed E-state index contributed by atoms with van der Waals surface area (Å²) in [7, 11) is 0. The molecule has 8 heteroatoms. The number of carbonyl (C=O) groups is 1. The van der Waals surface area contributed by atoms with Gasteiger partial charge in [-0.1, -0.05) is 13.8 Å². The molecule has 2 aromatic rings. The van der Waals surface area contributed by atoms with Crippen molar-refractivity contribution < 1.29 is 18.0 Å². The van der Waals surface area contributed by atoms with Crippen LogP contribution in [0.15, 0.2) is 18.2 Å². The number of nitriles is 1. The summed E-state index contributed by atoms with van der Waals surface area (Å²) in [6.45, 7) is 3.73. The van der Waals surface area contributed by atoms with E-state index in [1.807, 2.05) is 13.8 Å². The van der Waals surface area contributed by atoms with E-state index < -0.39 is 23.1 Å². The van der Waals surface area contributed by atoms with Gasteiger partial charge in [0, 0.05) is 12.5 Å². The van der Waals surface area contributed by atoms with Gasteiger partial charge in [-0.3, -0.25) is 4.79 Å². The fourth-order valence-electron chi connectivity index (χ4n) is 4.53. The zero-order chi connectivity index (χ0) is 22.4. The van der Waals surface area contributed by atoms with Crippen LogP contribution in [0.1, 0.15) is 73.3 Å². The molecular formula is C23H24F3N4O. The van der Waals surface area contributed by atoms with E-state index in [2.05, 4.69) is 22.9 Å². The molecule has 163 valence electrons. The Balaban J connectivity index is 1.82. The standard InChI is InChI=1S/C23H24F3N4O/c1-22(2)11-18-20(19(31)12-22)21(23(24,25)26)29-30(18)16-9-8-14(13-27)17(10-16)28-15-6-4-3-5-7-15/h3,8-10,15,28H,4-7,11-12H2,1-2H3. The molecule has 0 aliphatic heterocycles. The summed E-state index contributed by atoms with van der Waals surface area (Å²) in [5.74, 6) is -0.532. The second-order valence-corrected chi connectivity index (χ2v) is 9.15. The first kappa shape index (κ1) is 21.4. The van der Waals surface area contributed by atoms with Gasteiger partial charge in [-0.25, -0.2) is 4.68 Å². The molecule has 31 heavy (non-hydrogen) atoms. The lowest BCUT2D eigenvalue weighted by Crippen LogP contribution is -2.29. The van der Waals surface area contributed by atoms with E-state index in [9.17, 15) is 23.2 Å². The highest BCUT2D eigenvalue weighted by atomic mass is 19.4. The maximum atomic E-state index is 13.7. The molecular weight excluding hydrogens is 405 g/mol. The largest absolute Gasteiger partial charge is 0.435 e. The van der Waals surface area contributed by atoms with Crippen LogP contribution in [0.5, 0.6) is 0 Å². The maximum Gasteiger partial charge on any atom is 0.435 e. The Hall–Kier alpha value is -2.82. The molecule has 0 amide bonds. The van der Waals surface area contributed by atoms with E-state index in [-0.39, 0.29) is 23.7 Å². The smallest absolute Gasteiger partial charge is 0.381 e. The first-order valence-corrected chi connectivity index (χ1v) is 10.4. The number of aromatic nitrogens is 2. The Morgan fingerprint density at radius 3 is 2.58 bits per heavy atom. The number of rotatable bonds is 3. The number of carbonyl (C=O) groups excluding carboxylic acids is 1. The number of alkyl halides is 3. The Morgan fingerprint density at radius 2 is 1.94 bits per heavy atom. The van der Waals surface area contributed by atoms with Crippen LogP contribution in [0.25, 0.3) is 5.69 Å². The van der Waals surface area contributed by atoms with Crippen molar-refractivity contribution in [2.75, 3.05) is 5.32 Å². The molecule has 0 spiro atoms. The highest BCUT2D eigenvalue weighted by molar-refractivity contribution is 6.00. The number of anilines is 1. The number of hydrogen-bond acceptors (Lipinski definition) is 4. The molecule has 0 atom stereocenters. The van der Waals surface area contributed by atoms with Crippen molar-refractivity contribution >= 4 is 11.5 Å². The van der Waals surface area contributed by atoms with E-state index >= 15 is 0 Å². The average Bonchev–Trinajstić information content (AvgIpc) is 3.07. The highest BCUT2D eigenvalue weighted by Gasteiger charge is 2.45. The maximum absolute atomic E-state index is 13.7. The normalized spacial score (nSPS) is 19.0. The number of fused-ring (bicyclic) bond motifs is 1. The number of nitrogens with zero attached hydrogens (tertiary/aromatic N) is 3. The Labute approximate surface area is 179 Å². The van der Waals surface area contributed by atoms with Gasteiger partial charge < -0.3 is 5.32 Å². The molecule has 1 aromatic carbocycles. The summed E-state index contributed by atoms with van der Waals surface area (Å²) >= 11 is 0. The van der Waals surface area contributed by atoms with Crippen LogP contribution in [-0.2, 0) is 12.6 Å². The van der Waals surface area contributed by atoms with Crippen molar-refractivity contribution in [1.82, 2.24) is 9.78 Å². The zero-order valence-electron chi connectivity index (χ0n) is 17.5. The number of benzene rings is 1. The lowest BCUT2D eigenvalue weighted by molar-refractivity contribution is -0.141. The van der Waals surface area contributed by atoms with Crippen LogP contribution in [-0.4, -0.2) is 21.6 Å². The third-order valence-electron chi connectivity index (χ3n) is 5.98. The topological polar surface area (TPSA) is 70.7 Å². The predicted octanol–water partition coefficient (Wildman–Crippen LogP) is 5.48. The Bertz CT molecular complexity index is 1060. The van der Waals surface area contributed by atoms with Gasteiger partial charge in [-0.15, -0.1) is 0 Å². The molecule has 0 unspecified atom stereocenters. The minimum atomic E-state index is -4.72. The first-order chi connectivity index (χ1) is 14.6. The average molecular weight is 429 g/mol. The van der Waals surface area contributed by atoms with Crippen LogP contribution in [0.4, 0.5) is 18.9 Å². The van der Waals surface area contributed by atoms with Gasteiger partial charge in [0.15, 0.2) is 11.5 Å². The summed E-state index contributed by atoms with van der Waals surface area (Å²) in [5.41, 5.74) is -0.245. The molecule has 1 radical (unpaired) electrons. The van der Waals surface area contributed by atoms with Gasteiger partial charge in [0.2, 0.25) is 0 Å². The van der Waals surface area contributed by atoms with Gasteiger partial charge in [-0.2, -0.15) is 23.5 Å². The minimum Gasteiger partial charge on any atom is -0.381 e. The molecule has 1 N–H and O–H groups in total. The third-order valence-corrected chi connectivity index (χ3v) is 5.98. The van der Waals surface area contributed by atoms with Crippen molar-refractivity contribution in [1.29, 1.82) is 5.26 Å². The molecule has 2 aliphatic carbocycles. The fraction of sp³-hybridized carbons (Fsp3) is 0.478. The van der Waals surface area contributed by atoms with E-state index in [1.54, 1.807) is 18.2 Å². The van der Waals surface area contributed by atoms with Gasteiger partial charge in [0.05, 0.1) is 28.2 Å². The van der Waals surface area contributed by atoms with Crippen LogP contribution >= 0.6 is 0 Å². The number of nitrogens with one attached hydrogen (secondary N) is 1. The number of ketones is 1. The predicted molar refractivity (Wildman–Crippen MR) is 110 cm³/mol. The van der Waals surface area contributed by atoms with Crippen LogP contribution in [0, 0.1) is 23.2 Å². The zero-order valence-corrected chi connectivity index (χ0v) is 17.5. The summed E-state index contributed by atoms with van der Waals surface area (Å²) < 4.78 is 42.3. The van der Waals surface area contributed by atoms with Crippen molar-refractivity contribution in [2.45, 2.75) is 64.6 Å². The Morgan fingerprint density at radius 1 is 1.23 bits per heavy atom. The third kappa shape index (κ3) is 4.18. The Kier molecular flexibility index (Phi) is 5.32. The van der Waals surface area contributed by atoms with E-state index in [0.717, 1.165) is 25.7 Å². The summed E-state index contributed by atoms with van der Waals surface area (Å²) in [6, 6.07) is 7.17.